The van der Waals surface area contributed by atoms with Gasteiger partial charge < -0.3 is 0 Å². The fraction of sp³-hybridized carbons (Fsp3) is 0.381. The van der Waals surface area contributed by atoms with Crippen molar-refractivity contribution in [3.63, 3.8) is 0 Å². The first kappa shape index (κ1) is 28.7. The van der Waals surface area contributed by atoms with Crippen LogP contribution in [0.5, 0.6) is 0 Å². The summed E-state index contributed by atoms with van der Waals surface area (Å²) in [4.78, 5) is 0. The Morgan fingerprint density at radius 2 is 1.17 bits per heavy atom. The Morgan fingerprint density at radius 3 is 1.69 bits per heavy atom. The molecule has 0 fully saturated rings. The maximum Gasteiger partial charge on any atom is 0.0211 e. The van der Waals surface area contributed by atoms with Crippen LogP contribution in [0.15, 0.2) is 102 Å². The highest BCUT2D eigenvalue weighted by Gasteiger charge is 2.40. The van der Waals surface area contributed by atoms with Gasteiger partial charge in [-0.2, -0.15) is 0 Å². The quantitative estimate of drug-likeness (QED) is 0.237. The average Bonchev–Trinajstić information content (AvgIpc) is 3.46. The van der Waals surface area contributed by atoms with Crippen molar-refractivity contribution in [2.24, 2.45) is 5.41 Å². The van der Waals surface area contributed by atoms with Crippen molar-refractivity contribution >= 4 is 10.8 Å². The van der Waals surface area contributed by atoms with Crippen molar-refractivity contribution in [2.75, 3.05) is 0 Å². The molecule has 0 aliphatic heterocycles. The summed E-state index contributed by atoms with van der Waals surface area (Å²) < 4.78 is 0. The molecule has 0 bridgehead atoms. The van der Waals surface area contributed by atoms with E-state index in [0.29, 0.717) is 0 Å². The van der Waals surface area contributed by atoms with E-state index >= 15 is 0 Å². The molecule has 4 aromatic rings. The minimum Gasteiger partial charge on any atom is -0.0654 e. The van der Waals surface area contributed by atoms with Gasteiger partial charge in [-0.3, -0.25) is 0 Å². The molecule has 216 valence electrons. The van der Waals surface area contributed by atoms with Crippen LogP contribution in [-0.2, 0) is 10.8 Å². The maximum atomic E-state index is 2.58. The van der Waals surface area contributed by atoms with Gasteiger partial charge in [-0.05, 0) is 84.9 Å². The third kappa shape index (κ3) is 4.88. The molecule has 0 aromatic heterocycles. The molecular formula is C42H48. The zero-order valence-electron chi connectivity index (χ0n) is 27.4. The summed E-state index contributed by atoms with van der Waals surface area (Å²) in [6.07, 6.45) is 3.64. The number of hydrogen-bond donors (Lipinski definition) is 0. The highest BCUT2D eigenvalue weighted by Crippen LogP contribution is 2.57. The number of allylic oxidation sites excluding steroid dienone is 4. The fourth-order valence-electron chi connectivity index (χ4n) is 7.22. The van der Waals surface area contributed by atoms with Gasteiger partial charge in [0.1, 0.15) is 0 Å². The second-order valence-corrected chi connectivity index (χ2v) is 16.0. The predicted octanol–water partition coefficient (Wildman–Crippen LogP) is 12.0. The first-order chi connectivity index (χ1) is 19.6. The normalized spacial score (nSPS) is 16.6. The SMILES string of the molecule is CC1=C(C(c2cccc3ccccc23)C2c3ccc(C(C)(C)C)cc3-c3cc(C(C)(C)C)ccc32)C=C(C(C)(C)C)C1. The lowest BCUT2D eigenvalue weighted by molar-refractivity contribution is 0.494. The zero-order chi connectivity index (χ0) is 30.2. The van der Waals surface area contributed by atoms with Crippen molar-refractivity contribution in [3.8, 4) is 11.1 Å². The van der Waals surface area contributed by atoms with E-state index in [1.165, 1.54) is 60.9 Å². The second-order valence-electron chi connectivity index (χ2n) is 16.0. The fourth-order valence-corrected chi connectivity index (χ4v) is 7.22. The predicted molar refractivity (Wildman–Crippen MR) is 183 cm³/mol. The molecule has 0 nitrogen and oxygen atoms in total. The van der Waals surface area contributed by atoms with E-state index in [-0.39, 0.29) is 28.1 Å². The monoisotopic (exact) mass is 552 g/mol. The topological polar surface area (TPSA) is 0 Å². The first-order valence-electron chi connectivity index (χ1n) is 15.8. The van der Waals surface area contributed by atoms with Crippen LogP contribution in [0.25, 0.3) is 21.9 Å². The Bertz CT molecular complexity index is 1680. The Balaban J connectivity index is 1.67. The maximum absolute atomic E-state index is 2.58. The molecule has 4 aromatic carbocycles. The minimum absolute atomic E-state index is 0.0961. The van der Waals surface area contributed by atoms with Crippen LogP contribution in [-0.4, -0.2) is 0 Å². The summed E-state index contributed by atoms with van der Waals surface area (Å²) >= 11 is 0. The smallest absolute Gasteiger partial charge is 0.0211 e. The van der Waals surface area contributed by atoms with E-state index in [1.807, 2.05) is 0 Å². The summed E-state index contributed by atoms with van der Waals surface area (Å²) in [6, 6.07) is 30.7. The van der Waals surface area contributed by atoms with Crippen LogP contribution < -0.4 is 0 Å². The van der Waals surface area contributed by atoms with Crippen molar-refractivity contribution in [3.05, 3.63) is 129 Å². The van der Waals surface area contributed by atoms with Gasteiger partial charge in [-0.1, -0.05) is 158 Å². The molecule has 1 atom stereocenters. The van der Waals surface area contributed by atoms with E-state index < -0.39 is 0 Å². The van der Waals surface area contributed by atoms with Gasteiger partial charge in [0.25, 0.3) is 0 Å². The summed E-state index contributed by atoms with van der Waals surface area (Å²) in [7, 11) is 0. The lowest BCUT2D eigenvalue weighted by Gasteiger charge is -2.30. The van der Waals surface area contributed by atoms with Crippen molar-refractivity contribution < 1.29 is 0 Å². The molecule has 0 saturated heterocycles. The van der Waals surface area contributed by atoms with Crippen LogP contribution in [0.3, 0.4) is 0 Å². The van der Waals surface area contributed by atoms with Crippen LogP contribution in [0.2, 0.25) is 0 Å². The van der Waals surface area contributed by atoms with Gasteiger partial charge in [0.05, 0.1) is 0 Å². The molecule has 1 unspecified atom stereocenters. The first-order valence-corrected chi connectivity index (χ1v) is 15.8. The number of rotatable bonds is 3. The van der Waals surface area contributed by atoms with E-state index in [1.54, 1.807) is 5.57 Å². The molecule has 42 heavy (non-hydrogen) atoms. The van der Waals surface area contributed by atoms with Crippen molar-refractivity contribution in [1.82, 2.24) is 0 Å². The number of fused-ring (bicyclic) bond motifs is 4. The van der Waals surface area contributed by atoms with Gasteiger partial charge in [0, 0.05) is 11.8 Å². The molecule has 2 aliphatic carbocycles. The lowest BCUT2D eigenvalue weighted by Crippen LogP contribution is -2.15. The standard InChI is InChI=1S/C42H48/c1-26-22-30(42(8,9)10)25-35(26)39(32-17-13-15-27-14-11-12-16-31(27)32)38-33-20-18-28(40(2,3)4)23-36(33)37-24-29(41(5,6)7)19-21-34(37)38/h11-21,23-25,38-39H,22H2,1-10H3. The number of hydrogen-bond acceptors (Lipinski definition) is 0. The number of benzene rings is 4. The van der Waals surface area contributed by atoms with E-state index in [0.717, 1.165) is 6.42 Å². The molecule has 0 amide bonds. The largest absolute Gasteiger partial charge is 0.0654 e. The molecule has 0 N–H and O–H groups in total. The van der Waals surface area contributed by atoms with E-state index in [9.17, 15) is 0 Å². The van der Waals surface area contributed by atoms with Crippen molar-refractivity contribution in [1.29, 1.82) is 0 Å². The molecular weight excluding hydrogens is 504 g/mol. The van der Waals surface area contributed by atoms with Gasteiger partial charge in [-0.25, -0.2) is 0 Å². The summed E-state index contributed by atoms with van der Waals surface area (Å²) in [5.41, 5.74) is 15.0. The Morgan fingerprint density at radius 1 is 0.619 bits per heavy atom. The van der Waals surface area contributed by atoms with Gasteiger partial charge in [-0.15, -0.1) is 0 Å². The molecule has 0 heteroatoms. The molecule has 0 saturated carbocycles. The summed E-state index contributed by atoms with van der Waals surface area (Å²) in [5, 5.41) is 2.69. The molecule has 0 radical (unpaired) electrons. The highest BCUT2D eigenvalue weighted by atomic mass is 14.4. The van der Waals surface area contributed by atoms with E-state index in [4.69, 9.17) is 0 Å². The third-order valence-corrected chi connectivity index (χ3v) is 9.87. The van der Waals surface area contributed by atoms with Crippen LogP contribution in [0, 0.1) is 5.41 Å². The highest BCUT2D eigenvalue weighted by molar-refractivity contribution is 5.88. The Labute approximate surface area is 254 Å². The molecule has 0 heterocycles. The average molecular weight is 553 g/mol. The van der Waals surface area contributed by atoms with Gasteiger partial charge in [0.15, 0.2) is 0 Å². The van der Waals surface area contributed by atoms with Gasteiger partial charge in [0.2, 0.25) is 0 Å². The van der Waals surface area contributed by atoms with Crippen molar-refractivity contribution in [2.45, 2.75) is 98.3 Å². The lowest BCUT2D eigenvalue weighted by atomic mass is 9.73. The molecule has 2 aliphatic rings. The Kier molecular flexibility index (Phi) is 6.73. The minimum atomic E-state index is 0.0961. The second kappa shape index (κ2) is 9.84. The molecule has 0 spiro atoms. The third-order valence-electron chi connectivity index (χ3n) is 9.87. The van der Waals surface area contributed by atoms with Crippen LogP contribution in [0.1, 0.15) is 115 Å². The zero-order valence-corrected chi connectivity index (χ0v) is 27.4. The van der Waals surface area contributed by atoms with Gasteiger partial charge >= 0.3 is 0 Å². The summed E-state index contributed by atoms with van der Waals surface area (Å²) in [6.45, 7) is 23.5. The summed E-state index contributed by atoms with van der Waals surface area (Å²) in [5.74, 6) is 0.487. The van der Waals surface area contributed by atoms with Crippen LogP contribution >= 0.6 is 0 Å². The Hall–Kier alpha value is -3.38. The van der Waals surface area contributed by atoms with E-state index in [2.05, 4.69) is 154 Å². The van der Waals surface area contributed by atoms with Crippen LogP contribution in [0.4, 0.5) is 0 Å². The molecule has 6 rings (SSSR count).